The van der Waals surface area contributed by atoms with Crippen LogP contribution in [0, 0.1) is 6.92 Å². The molecule has 1 aromatic heterocycles. The lowest BCUT2D eigenvalue weighted by atomic mass is 10.1. The average molecular weight is 345 g/mol. The molecule has 128 valence electrons. The molecule has 4 nitrogen and oxygen atoms in total. The molecule has 24 heavy (non-hydrogen) atoms. The van der Waals surface area contributed by atoms with E-state index in [1.54, 1.807) is 0 Å². The summed E-state index contributed by atoms with van der Waals surface area (Å²) < 4.78 is 0. The van der Waals surface area contributed by atoms with Gasteiger partial charge in [0.15, 0.2) is 0 Å². The van der Waals surface area contributed by atoms with Crippen LogP contribution in [0.2, 0.25) is 5.02 Å². The maximum absolute atomic E-state index is 6.04. The van der Waals surface area contributed by atoms with E-state index >= 15 is 0 Å². The summed E-state index contributed by atoms with van der Waals surface area (Å²) >= 11 is 6.04. The van der Waals surface area contributed by atoms with E-state index in [1.807, 2.05) is 31.2 Å². The molecule has 0 amide bonds. The minimum absolute atomic E-state index is 0.786. The van der Waals surface area contributed by atoms with E-state index in [1.165, 1.54) is 31.2 Å². The highest BCUT2D eigenvalue weighted by molar-refractivity contribution is 6.30. The SMILES string of the molecule is Cc1cc(NCCc2cccc(Cl)c2)nc(N2CCCCCC2)n1. The van der Waals surface area contributed by atoms with Crippen LogP contribution in [-0.4, -0.2) is 29.6 Å². The van der Waals surface area contributed by atoms with Gasteiger partial charge in [-0.2, -0.15) is 4.98 Å². The molecule has 2 aromatic rings. The van der Waals surface area contributed by atoms with Crippen molar-refractivity contribution >= 4 is 23.4 Å². The number of anilines is 2. The molecule has 0 saturated carbocycles. The molecule has 0 unspecified atom stereocenters. The molecular weight excluding hydrogens is 320 g/mol. The maximum Gasteiger partial charge on any atom is 0.227 e. The van der Waals surface area contributed by atoms with E-state index in [0.29, 0.717) is 0 Å². The molecule has 0 spiro atoms. The zero-order chi connectivity index (χ0) is 16.8. The van der Waals surface area contributed by atoms with Crippen LogP contribution < -0.4 is 10.2 Å². The predicted molar refractivity (Wildman–Crippen MR) is 101 cm³/mol. The summed E-state index contributed by atoms with van der Waals surface area (Å²) in [5.74, 6) is 1.77. The lowest BCUT2D eigenvalue weighted by Gasteiger charge is -2.21. The van der Waals surface area contributed by atoms with Crippen molar-refractivity contribution in [1.29, 1.82) is 0 Å². The molecular formula is C19H25ClN4. The molecule has 1 aliphatic heterocycles. The normalized spacial score (nSPS) is 15.2. The molecule has 1 fully saturated rings. The van der Waals surface area contributed by atoms with Gasteiger partial charge in [-0.3, -0.25) is 0 Å². The van der Waals surface area contributed by atoms with Crippen molar-refractivity contribution in [1.82, 2.24) is 9.97 Å². The summed E-state index contributed by atoms with van der Waals surface area (Å²) in [6.45, 7) is 4.98. The maximum atomic E-state index is 6.04. The number of hydrogen-bond acceptors (Lipinski definition) is 4. The van der Waals surface area contributed by atoms with Crippen molar-refractivity contribution in [2.24, 2.45) is 0 Å². The first-order valence-corrected chi connectivity index (χ1v) is 9.17. The number of aromatic nitrogens is 2. The van der Waals surface area contributed by atoms with Gasteiger partial charge in [0.05, 0.1) is 0 Å². The number of hydrogen-bond donors (Lipinski definition) is 1. The molecule has 0 bridgehead atoms. The van der Waals surface area contributed by atoms with E-state index in [-0.39, 0.29) is 0 Å². The minimum Gasteiger partial charge on any atom is -0.370 e. The summed E-state index contributed by atoms with van der Waals surface area (Å²) in [6.07, 6.45) is 6.01. The highest BCUT2D eigenvalue weighted by Crippen LogP contribution is 2.18. The van der Waals surface area contributed by atoms with Gasteiger partial charge in [-0.05, 0) is 43.9 Å². The molecule has 5 heteroatoms. The van der Waals surface area contributed by atoms with Gasteiger partial charge in [0.1, 0.15) is 5.82 Å². The third-order valence-electron chi connectivity index (χ3n) is 4.34. The number of nitrogens with zero attached hydrogens (tertiary/aromatic N) is 3. The van der Waals surface area contributed by atoms with Crippen LogP contribution in [0.3, 0.4) is 0 Å². The quantitative estimate of drug-likeness (QED) is 0.868. The molecule has 0 aliphatic carbocycles. The van der Waals surface area contributed by atoms with Crippen LogP contribution >= 0.6 is 11.6 Å². The fourth-order valence-electron chi connectivity index (χ4n) is 3.08. The van der Waals surface area contributed by atoms with E-state index < -0.39 is 0 Å². The number of halogens is 1. The lowest BCUT2D eigenvalue weighted by Crippen LogP contribution is -2.26. The van der Waals surface area contributed by atoms with E-state index in [2.05, 4.69) is 21.3 Å². The first-order valence-electron chi connectivity index (χ1n) is 8.80. The lowest BCUT2D eigenvalue weighted by molar-refractivity contribution is 0.726. The Morgan fingerprint density at radius 3 is 2.62 bits per heavy atom. The van der Waals surface area contributed by atoms with Gasteiger partial charge in [-0.15, -0.1) is 0 Å². The van der Waals surface area contributed by atoms with Crippen molar-refractivity contribution in [2.45, 2.75) is 39.0 Å². The Labute approximate surface area is 149 Å². The Morgan fingerprint density at radius 2 is 1.88 bits per heavy atom. The summed E-state index contributed by atoms with van der Waals surface area (Å²) in [6, 6.07) is 10.0. The number of aryl methyl sites for hydroxylation is 1. The van der Waals surface area contributed by atoms with Gasteiger partial charge < -0.3 is 10.2 Å². The van der Waals surface area contributed by atoms with Gasteiger partial charge in [-0.25, -0.2) is 4.98 Å². The van der Waals surface area contributed by atoms with Crippen molar-refractivity contribution in [3.63, 3.8) is 0 Å². The number of rotatable bonds is 5. The monoisotopic (exact) mass is 344 g/mol. The van der Waals surface area contributed by atoms with Gasteiger partial charge in [0.2, 0.25) is 5.95 Å². The third kappa shape index (κ3) is 4.84. The van der Waals surface area contributed by atoms with Crippen molar-refractivity contribution in [3.8, 4) is 0 Å². The minimum atomic E-state index is 0.786. The first kappa shape index (κ1) is 17.0. The van der Waals surface area contributed by atoms with Crippen LogP contribution in [0.15, 0.2) is 30.3 Å². The fourth-order valence-corrected chi connectivity index (χ4v) is 3.30. The molecule has 0 radical (unpaired) electrons. The van der Waals surface area contributed by atoms with Crippen molar-refractivity contribution in [3.05, 3.63) is 46.6 Å². The molecule has 1 aromatic carbocycles. The van der Waals surface area contributed by atoms with Gasteiger partial charge in [0.25, 0.3) is 0 Å². The number of benzene rings is 1. The Bertz CT molecular complexity index is 666. The summed E-state index contributed by atoms with van der Waals surface area (Å²) in [5, 5.41) is 4.21. The van der Waals surface area contributed by atoms with Crippen LogP contribution in [0.5, 0.6) is 0 Å². The average Bonchev–Trinajstić information content (AvgIpc) is 2.84. The van der Waals surface area contributed by atoms with Crippen LogP contribution in [0.1, 0.15) is 36.9 Å². The zero-order valence-electron chi connectivity index (χ0n) is 14.3. The molecule has 0 atom stereocenters. The van der Waals surface area contributed by atoms with Crippen LogP contribution in [-0.2, 0) is 6.42 Å². The van der Waals surface area contributed by atoms with Crippen LogP contribution in [0.4, 0.5) is 11.8 Å². The standard InChI is InChI=1S/C19H25ClN4/c1-15-13-18(21-10-9-16-7-6-8-17(20)14-16)23-19(22-15)24-11-4-2-3-5-12-24/h6-8,13-14H,2-5,9-12H2,1H3,(H,21,22,23). The Balaban J connectivity index is 1.62. The zero-order valence-corrected chi connectivity index (χ0v) is 15.0. The van der Waals surface area contributed by atoms with E-state index in [9.17, 15) is 0 Å². The first-order chi connectivity index (χ1) is 11.7. The predicted octanol–water partition coefficient (Wildman–Crippen LogP) is 4.47. The van der Waals surface area contributed by atoms with Crippen molar-refractivity contribution in [2.75, 3.05) is 29.9 Å². The molecule has 1 saturated heterocycles. The van der Waals surface area contributed by atoms with Crippen molar-refractivity contribution < 1.29 is 0 Å². The Kier molecular flexibility index (Phi) is 5.91. The smallest absolute Gasteiger partial charge is 0.227 e. The second-order valence-electron chi connectivity index (χ2n) is 6.40. The second-order valence-corrected chi connectivity index (χ2v) is 6.84. The second kappa shape index (κ2) is 8.34. The highest BCUT2D eigenvalue weighted by atomic mass is 35.5. The topological polar surface area (TPSA) is 41.1 Å². The third-order valence-corrected chi connectivity index (χ3v) is 4.58. The van der Waals surface area contributed by atoms with Gasteiger partial charge in [-0.1, -0.05) is 36.6 Å². The molecule has 3 rings (SSSR count). The highest BCUT2D eigenvalue weighted by Gasteiger charge is 2.13. The fraction of sp³-hybridized carbons (Fsp3) is 0.474. The van der Waals surface area contributed by atoms with Gasteiger partial charge in [0, 0.05) is 36.4 Å². The Morgan fingerprint density at radius 1 is 1.08 bits per heavy atom. The Hall–Kier alpha value is -1.81. The van der Waals surface area contributed by atoms with Gasteiger partial charge >= 0.3 is 0 Å². The molecule has 1 aliphatic rings. The summed E-state index contributed by atoms with van der Waals surface area (Å²) in [4.78, 5) is 11.7. The molecule has 1 N–H and O–H groups in total. The number of nitrogens with one attached hydrogen (secondary N) is 1. The van der Waals surface area contributed by atoms with E-state index in [0.717, 1.165) is 48.5 Å². The summed E-state index contributed by atoms with van der Waals surface area (Å²) in [7, 11) is 0. The largest absolute Gasteiger partial charge is 0.370 e. The van der Waals surface area contributed by atoms with Crippen LogP contribution in [0.25, 0.3) is 0 Å². The summed E-state index contributed by atoms with van der Waals surface area (Å²) in [5.41, 5.74) is 2.24. The molecule has 2 heterocycles. The van der Waals surface area contributed by atoms with E-state index in [4.69, 9.17) is 16.6 Å².